The van der Waals surface area contributed by atoms with Crippen LogP contribution >= 0.6 is 0 Å². The highest BCUT2D eigenvalue weighted by Gasteiger charge is 2.03. The van der Waals surface area contributed by atoms with Crippen molar-refractivity contribution in [3.8, 4) is 11.3 Å². The van der Waals surface area contributed by atoms with E-state index in [-0.39, 0.29) is 0 Å². The summed E-state index contributed by atoms with van der Waals surface area (Å²) in [5.74, 6) is 0. The van der Waals surface area contributed by atoms with Crippen LogP contribution in [0, 0.1) is 0 Å². The zero-order chi connectivity index (χ0) is 10.7. The van der Waals surface area contributed by atoms with Crippen LogP contribution < -0.4 is 5.32 Å². The number of benzene rings is 1. The first kappa shape index (κ1) is 9.26. The summed E-state index contributed by atoms with van der Waals surface area (Å²) in [5, 5.41) is 14.6. The highest BCUT2D eigenvalue weighted by molar-refractivity contribution is 5.84. The van der Waals surface area contributed by atoms with Crippen LogP contribution in [0.25, 0.3) is 11.3 Å². The average molecular weight is 204 g/mol. The van der Waals surface area contributed by atoms with Gasteiger partial charge in [-0.1, -0.05) is 17.3 Å². The van der Waals surface area contributed by atoms with Crippen molar-refractivity contribution in [2.75, 3.05) is 5.32 Å². The van der Waals surface area contributed by atoms with Gasteiger partial charge in [-0.2, -0.15) is 0 Å². The number of carboxylic acid groups (broad SMARTS) is 1. The minimum Gasteiger partial charge on any atom is -0.465 e. The lowest BCUT2D eigenvalue weighted by Crippen LogP contribution is -2.06. The summed E-state index contributed by atoms with van der Waals surface area (Å²) in [5.41, 5.74) is 1.97. The molecule has 2 N–H and O–H groups in total. The van der Waals surface area contributed by atoms with Crippen molar-refractivity contribution in [2.45, 2.75) is 0 Å². The summed E-state index contributed by atoms with van der Waals surface area (Å²) in [6.45, 7) is 0. The summed E-state index contributed by atoms with van der Waals surface area (Å²) < 4.78 is 4.70. The van der Waals surface area contributed by atoms with Gasteiger partial charge < -0.3 is 9.63 Å². The van der Waals surface area contributed by atoms with Gasteiger partial charge in [0.25, 0.3) is 0 Å². The van der Waals surface area contributed by atoms with E-state index < -0.39 is 6.09 Å². The van der Waals surface area contributed by atoms with Gasteiger partial charge in [0.2, 0.25) is 0 Å². The third-order valence-corrected chi connectivity index (χ3v) is 1.85. The molecule has 1 aromatic heterocycles. The fourth-order valence-electron chi connectivity index (χ4n) is 1.24. The molecule has 0 aliphatic rings. The third kappa shape index (κ3) is 2.14. The zero-order valence-electron chi connectivity index (χ0n) is 7.68. The SMILES string of the molecule is O=C(O)Nc1cccc(-c2ccon2)c1. The van der Waals surface area contributed by atoms with E-state index in [1.165, 1.54) is 6.26 Å². The molecule has 0 aliphatic heterocycles. The molecule has 1 amide bonds. The van der Waals surface area contributed by atoms with Gasteiger partial charge in [-0.3, -0.25) is 5.32 Å². The topological polar surface area (TPSA) is 75.4 Å². The summed E-state index contributed by atoms with van der Waals surface area (Å²) in [6, 6.07) is 8.63. The van der Waals surface area contributed by atoms with Gasteiger partial charge >= 0.3 is 6.09 Å². The van der Waals surface area contributed by atoms with Gasteiger partial charge in [0, 0.05) is 17.3 Å². The lowest BCUT2D eigenvalue weighted by Gasteiger charge is -2.01. The second-order valence-electron chi connectivity index (χ2n) is 2.90. The zero-order valence-corrected chi connectivity index (χ0v) is 7.68. The van der Waals surface area contributed by atoms with Crippen molar-refractivity contribution in [3.63, 3.8) is 0 Å². The van der Waals surface area contributed by atoms with Crippen LogP contribution in [0.2, 0.25) is 0 Å². The second-order valence-corrected chi connectivity index (χ2v) is 2.90. The van der Waals surface area contributed by atoms with E-state index in [0.717, 1.165) is 5.56 Å². The maximum Gasteiger partial charge on any atom is 0.409 e. The Morgan fingerprint density at radius 3 is 2.93 bits per heavy atom. The molecule has 0 spiro atoms. The van der Waals surface area contributed by atoms with Gasteiger partial charge in [-0.25, -0.2) is 4.79 Å². The maximum atomic E-state index is 10.4. The molecule has 5 heteroatoms. The largest absolute Gasteiger partial charge is 0.465 e. The van der Waals surface area contributed by atoms with Crippen LogP contribution in [0.3, 0.4) is 0 Å². The molecule has 15 heavy (non-hydrogen) atoms. The minimum atomic E-state index is -1.09. The van der Waals surface area contributed by atoms with Gasteiger partial charge in [0.15, 0.2) is 0 Å². The Morgan fingerprint density at radius 1 is 1.40 bits per heavy atom. The predicted octanol–water partition coefficient (Wildman–Crippen LogP) is 2.43. The van der Waals surface area contributed by atoms with E-state index in [1.54, 1.807) is 24.3 Å². The summed E-state index contributed by atoms with van der Waals surface area (Å²) in [7, 11) is 0. The highest BCUT2D eigenvalue weighted by atomic mass is 16.5. The van der Waals surface area contributed by atoms with Crippen LogP contribution in [0.5, 0.6) is 0 Å². The molecule has 0 bridgehead atoms. The third-order valence-electron chi connectivity index (χ3n) is 1.85. The van der Waals surface area contributed by atoms with E-state index >= 15 is 0 Å². The van der Waals surface area contributed by atoms with Crippen molar-refractivity contribution >= 4 is 11.8 Å². The minimum absolute atomic E-state index is 0.503. The smallest absolute Gasteiger partial charge is 0.409 e. The molecule has 0 aliphatic carbocycles. The fourth-order valence-corrected chi connectivity index (χ4v) is 1.24. The highest BCUT2D eigenvalue weighted by Crippen LogP contribution is 2.20. The lowest BCUT2D eigenvalue weighted by atomic mass is 10.1. The molecular weight excluding hydrogens is 196 g/mol. The molecule has 5 nitrogen and oxygen atoms in total. The van der Waals surface area contributed by atoms with Crippen molar-refractivity contribution in [1.82, 2.24) is 5.16 Å². The number of aromatic nitrogens is 1. The molecule has 0 atom stereocenters. The quantitative estimate of drug-likeness (QED) is 0.787. The summed E-state index contributed by atoms with van der Waals surface area (Å²) >= 11 is 0. The number of nitrogens with zero attached hydrogens (tertiary/aromatic N) is 1. The van der Waals surface area contributed by atoms with Crippen LogP contribution in [-0.2, 0) is 0 Å². The van der Waals surface area contributed by atoms with Crippen LogP contribution in [0.1, 0.15) is 0 Å². The summed E-state index contributed by atoms with van der Waals surface area (Å²) in [6.07, 6.45) is 0.374. The van der Waals surface area contributed by atoms with Gasteiger partial charge in [0.1, 0.15) is 12.0 Å². The summed E-state index contributed by atoms with van der Waals surface area (Å²) in [4.78, 5) is 10.4. The molecule has 1 heterocycles. The van der Waals surface area contributed by atoms with Crippen LogP contribution in [-0.4, -0.2) is 16.4 Å². The van der Waals surface area contributed by atoms with E-state index in [1.807, 2.05) is 6.07 Å². The normalized spacial score (nSPS) is 9.87. The Labute approximate surface area is 85.3 Å². The maximum absolute atomic E-state index is 10.4. The van der Waals surface area contributed by atoms with E-state index in [2.05, 4.69) is 10.5 Å². The number of hydrogen-bond acceptors (Lipinski definition) is 3. The monoisotopic (exact) mass is 204 g/mol. The molecule has 0 saturated carbocycles. The van der Waals surface area contributed by atoms with Crippen molar-refractivity contribution in [3.05, 3.63) is 36.6 Å². The fraction of sp³-hybridized carbons (Fsp3) is 0. The van der Waals surface area contributed by atoms with Crippen molar-refractivity contribution in [1.29, 1.82) is 0 Å². The van der Waals surface area contributed by atoms with Crippen molar-refractivity contribution in [2.24, 2.45) is 0 Å². The predicted molar refractivity (Wildman–Crippen MR) is 53.6 cm³/mol. The molecule has 2 aromatic rings. The lowest BCUT2D eigenvalue weighted by molar-refractivity contribution is 0.210. The Balaban J connectivity index is 2.31. The molecule has 0 unspecified atom stereocenters. The molecule has 1 aromatic carbocycles. The first-order valence-electron chi connectivity index (χ1n) is 4.26. The van der Waals surface area contributed by atoms with E-state index in [0.29, 0.717) is 11.4 Å². The molecule has 0 saturated heterocycles. The average Bonchev–Trinajstić information content (AvgIpc) is 2.69. The van der Waals surface area contributed by atoms with Crippen molar-refractivity contribution < 1.29 is 14.4 Å². The number of amides is 1. The van der Waals surface area contributed by atoms with Gasteiger partial charge in [-0.15, -0.1) is 0 Å². The Hall–Kier alpha value is -2.30. The second kappa shape index (κ2) is 3.83. The molecule has 76 valence electrons. The number of rotatable bonds is 2. The number of hydrogen-bond donors (Lipinski definition) is 2. The van der Waals surface area contributed by atoms with Gasteiger partial charge in [0.05, 0.1) is 0 Å². The molecule has 2 rings (SSSR count). The molecule has 0 fully saturated rings. The van der Waals surface area contributed by atoms with Crippen LogP contribution in [0.15, 0.2) is 41.1 Å². The Morgan fingerprint density at radius 2 is 2.27 bits per heavy atom. The Bertz CT molecular complexity index is 465. The van der Waals surface area contributed by atoms with Gasteiger partial charge in [-0.05, 0) is 12.1 Å². The molecular formula is C10H8N2O3. The van der Waals surface area contributed by atoms with Crippen LogP contribution in [0.4, 0.5) is 10.5 Å². The first-order chi connectivity index (χ1) is 7.25. The Kier molecular flexibility index (Phi) is 2.37. The number of carbonyl (C=O) groups is 1. The number of nitrogens with one attached hydrogen (secondary N) is 1. The standard InChI is InChI=1S/C10H8N2O3/c13-10(14)11-8-3-1-2-7(6-8)9-4-5-15-12-9/h1-6,11H,(H,13,14). The van der Waals surface area contributed by atoms with E-state index in [4.69, 9.17) is 9.63 Å². The number of anilines is 1. The van der Waals surface area contributed by atoms with E-state index in [9.17, 15) is 4.79 Å². The first-order valence-corrected chi connectivity index (χ1v) is 4.26. The molecule has 0 radical (unpaired) electrons.